The van der Waals surface area contributed by atoms with E-state index in [4.69, 9.17) is 24.9 Å². The van der Waals surface area contributed by atoms with Gasteiger partial charge in [-0.3, -0.25) is 0 Å². The number of aryl methyl sites for hydroxylation is 1. The van der Waals surface area contributed by atoms with Gasteiger partial charge in [0.15, 0.2) is 0 Å². The molecule has 1 heterocycles. The summed E-state index contributed by atoms with van der Waals surface area (Å²) in [7, 11) is -2.49. The van der Waals surface area contributed by atoms with Crippen molar-refractivity contribution >= 4 is 32.7 Å². The number of hydrogen-bond acceptors (Lipinski definition) is 6. The lowest BCUT2D eigenvalue weighted by atomic mass is 9.99. The molecule has 8 heteroatoms. The van der Waals surface area contributed by atoms with Crippen LogP contribution in [0.5, 0.6) is 11.5 Å². The fourth-order valence-corrected chi connectivity index (χ4v) is 4.30. The zero-order valence-corrected chi connectivity index (χ0v) is 18.2. The number of fused-ring (bicyclic) bond motifs is 1. The van der Waals surface area contributed by atoms with E-state index in [-0.39, 0.29) is 10.6 Å². The van der Waals surface area contributed by atoms with E-state index >= 15 is 0 Å². The van der Waals surface area contributed by atoms with Crippen LogP contribution in [0.3, 0.4) is 0 Å². The van der Waals surface area contributed by atoms with Gasteiger partial charge in [0.2, 0.25) is 0 Å². The molecule has 0 aliphatic rings. The molecular weight excluding hydrogens is 440 g/mol. The molecule has 1 aromatic heterocycles. The van der Waals surface area contributed by atoms with Gasteiger partial charge in [0, 0.05) is 10.4 Å². The molecule has 0 radical (unpaired) electrons. The van der Waals surface area contributed by atoms with Crippen LogP contribution in [-0.2, 0) is 10.1 Å². The second-order valence-electron chi connectivity index (χ2n) is 6.77. The molecule has 158 valence electrons. The number of benzene rings is 3. The lowest BCUT2D eigenvalue weighted by molar-refractivity contribution is 0.415. The highest BCUT2D eigenvalue weighted by Crippen LogP contribution is 2.31. The van der Waals surface area contributed by atoms with Crippen LogP contribution in [0.25, 0.3) is 22.1 Å². The first-order chi connectivity index (χ1) is 14.8. The van der Waals surface area contributed by atoms with Gasteiger partial charge < -0.3 is 13.3 Å². The number of rotatable bonds is 5. The van der Waals surface area contributed by atoms with E-state index in [1.807, 2.05) is 0 Å². The Hall–Kier alpha value is -3.29. The van der Waals surface area contributed by atoms with E-state index < -0.39 is 15.7 Å². The number of halogens is 1. The fourth-order valence-electron chi connectivity index (χ4n) is 3.25. The lowest BCUT2D eigenvalue weighted by Gasteiger charge is -2.11. The summed E-state index contributed by atoms with van der Waals surface area (Å²) in [6, 6.07) is 17.2. The molecule has 0 bridgehead atoms. The summed E-state index contributed by atoms with van der Waals surface area (Å²) in [5.41, 5.74) is 1.53. The van der Waals surface area contributed by atoms with E-state index in [0.29, 0.717) is 38.4 Å². The Labute approximate surface area is 183 Å². The Morgan fingerprint density at radius 2 is 1.55 bits per heavy atom. The first-order valence-electron chi connectivity index (χ1n) is 9.20. The van der Waals surface area contributed by atoms with Gasteiger partial charge in [-0.25, -0.2) is 4.79 Å². The topological polar surface area (TPSA) is 82.8 Å². The first kappa shape index (κ1) is 21.0. The van der Waals surface area contributed by atoms with Crippen molar-refractivity contribution in [3.63, 3.8) is 0 Å². The normalized spacial score (nSPS) is 11.5. The third-order valence-electron chi connectivity index (χ3n) is 4.82. The second-order valence-corrected chi connectivity index (χ2v) is 8.75. The van der Waals surface area contributed by atoms with Gasteiger partial charge in [0.05, 0.1) is 12.7 Å². The van der Waals surface area contributed by atoms with Crippen molar-refractivity contribution in [2.75, 3.05) is 7.11 Å². The van der Waals surface area contributed by atoms with Crippen LogP contribution < -0.4 is 14.5 Å². The molecule has 4 aromatic rings. The molecule has 0 atom stereocenters. The van der Waals surface area contributed by atoms with Crippen molar-refractivity contribution in [2.24, 2.45) is 0 Å². The van der Waals surface area contributed by atoms with E-state index in [0.717, 1.165) is 0 Å². The van der Waals surface area contributed by atoms with E-state index in [1.165, 1.54) is 42.5 Å². The summed E-state index contributed by atoms with van der Waals surface area (Å²) in [5, 5.41) is 0.982. The summed E-state index contributed by atoms with van der Waals surface area (Å²) in [6.45, 7) is 1.77. The molecule has 0 fully saturated rings. The highest BCUT2D eigenvalue weighted by atomic mass is 35.5. The molecule has 0 N–H and O–H groups in total. The van der Waals surface area contributed by atoms with Crippen molar-refractivity contribution in [3.05, 3.63) is 87.7 Å². The standard InChI is InChI=1S/C23H17ClO6S/c1-14-20-13-18(30-31(26,27)19-10-5-16(24)6-11-19)9-12-21(20)29-23(25)22(14)15-3-7-17(28-2)8-4-15/h3-13H,1-2H3. The predicted octanol–water partition coefficient (Wildman–Crippen LogP) is 5.20. The summed E-state index contributed by atoms with van der Waals surface area (Å²) >= 11 is 5.82. The van der Waals surface area contributed by atoms with Gasteiger partial charge in [-0.15, -0.1) is 0 Å². The Balaban J connectivity index is 1.77. The van der Waals surface area contributed by atoms with Crippen molar-refractivity contribution in [3.8, 4) is 22.6 Å². The molecule has 31 heavy (non-hydrogen) atoms. The average molecular weight is 457 g/mol. The zero-order chi connectivity index (χ0) is 22.2. The molecule has 0 saturated heterocycles. The van der Waals surface area contributed by atoms with E-state index in [2.05, 4.69) is 0 Å². The third-order valence-corrected chi connectivity index (χ3v) is 6.34. The van der Waals surface area contributed by atoms with Crippen LogP contribution in [0.1, 0.15) is 5.56 Å². The minimum Gasteiger partial charge on any atom is -0.497 e. The van der Waals surface area contributed by atoms with Crippen molar-refractivity contribution < 1.29 is 21.8 Å². The van der Waals surface area contributed by atoms with Crippen molar-refractivity contribution in [2.45, 2.75) is 11.8 Å². The Bertz CT molecular complexity index is 1420. The van der Waals surface area contributed by atoms with Crippen LogP contribution >= 0.6 is 11.6 Å². The maximum absolute atomic E-state index is 12.6. The number of hydrogen-bond donors (Lipinski definition) is 0. The lowest BCUT2D eigenvalue weighted by Crippen LogP contribution is -2.10. The molecule has 0 spiro atoms. The maximum atomic E-state index is 12.6. The fraction of sp³-hybridized carbons (Fsp3) is 0.0870. The van der Waals surface area contributed by atoms with Crippen LogP contribution in [0.4, 0.5) is 0 Å². The largest absolute Gasteiger partial charge is 0.497 e. The minimum absolute atomic E-state index is 0.0211. The smallest absolute Gasteiger partial charge is 0.344 e. The van der Waals surface area contributed by atoms with Gasteiger partial charge in [0.25, 0.3) is 0 Å². The first-order valence-corrected chi connectivity index (χ1v) is 11.0. The van der Waals surface area contributed by atoms with Gasteiger partial charge in [0.1, 0.15) is 22.0 Å². The SMILES string of the molecule is COc1ccc(-c2c(C)c3cc(OS(=O)(=O)c4ccc(Cl)cc4)ccc3oc2=O)cc1. The Kier molecular flexibility index (Phi) is 5.47. The predicted molar refractivity (Wildman–Crippen MR) is 118 cm³/mol. The van der Waals surface area contributed by atoms with Gasteiger partial charge in [-0.2, -0.15) is 8.42 Å². The van der Waals surface area contributed by atoms with Crippen LogP contribution in [0.2, 0.25) is 5.02 Å². The molecule has 0 amide bonds. The molecule has 0 aliphatic heterocycles. The summed E-state index contributed by atoms with van der Waals surface area (Å²) in [4.78, 5) is 12.6. The van der Waals surface area contributed by atoms with Crippen molar-refractivity contribution in [1.82, 2.24) is 0 Å². The van der Waals surface area contributed by atoms with Gasteiger partial charge in [-0.05, 0) is 72.6 Å². The molecule has 6 nitrogen and oxygen atoms in total. The Morgan fingerprint density at radius 3 is 2.19 bits per heavy atom. The molecule has 0 aliphatic carbocycles. The summed E-state index contributed by atoms with van der Waals surface area (Å²) in [5.74, 6) is 0.759. The van der Waals surface area contributed by atoms with Crippen LogP contribution in [0, 0.1) is 6.92 Å². The van der Waals surface area contributed by atoms with Crippen molar-refractivity contribution in [1.29, 1.82) is 0 Å². The average Bonchev–Trinajstić information content (AvgIpc) is 2.75. The molecule has 0 saturated carbocycles. The van der Waals surface area contributed by atoms with E-state index in [9.17, 15) is 13.2 Å². The number of ether oxygens (including phenoxy) is 1. The van der Waals surface area contributed by atoms with Crippen LogP contribution in [-0.4, -0.2) is 15.5 Å². The minimum atomic E-state index is -4.05. The second kappa shape index (κ2) is 8.09. The monoisotopic (exact) mass is 456 g/mol. The highest BCUT2D eigenvalue weighted by molar-refractivity contribution is 7.87. The highest BCUT2D eigenvalue weighted by Gasteiger charge is 2.19. The zero-order valence-electron chi connectivity index (χ0n) is 16.6. The molecular formula is C23H17ClO6S. The van der Waals surface area contributed by atoms with Crippen LogP contribution in [0.15, 0.2) is 80.8 Å². The maximum Gasteiger partial charge on any atom is 0.344 e. The quantitative estimate of drug-likeness (QED) is 0.303. The molecule has 4 rings (SSSR count). The number of methoxy groups -OCH3 is 1. The van der Waals surface area contributed by atoms with E-state index in [1.54, 1.807) is 38.3 Å². The molecule has 0 unspecified atom stereocenters. The Morgan fingerprint density at radius 1 is 0.903 bits per heavy atom. The van der Waals surface area contributed by atoms with Gasteiger partial charge in [-0.1, -0.05) is 23.7 Å². The third kappa shape index (κ3) is 4.15. The molecule has 3 aromatic carbocycles. The summed E-state index contributed by atoms with van der Waals surface area (Å²) < 4.78 is 41.1. The van der Waals surface area contributed by atoms with Gasteiger partial charge >= 0.3 is 15.7 Å². The summed E-state index contributed by atoms with van der Waals surface area (Å²) in [6.07, 6.45) is 0.